The van der Waals surface area contributed by atoms with E-state index in [1.807, 2.05) is 16.8 Å². The summed E-state index contributed by atoms with van der Waals surface area (Å²) >= 11 is 0. The molecule has 7 heteroatoms. The minimum Gasteiger partial charge on any atom is -0.340 e. The number of nitrogens with zero attached hydrogens (tertiary/aromatic N) is 5. The SMILES string of the molecule is O=C(Nc1ccnn1C1CCCCC1)C1CCCN(c2ncccn2)C1. The van der Waals surface area contributed by atoms with E-state index in [0.717, 1.165) is 38.0 Å². The van der Waals surface area contributed by atoms with Gasteiger partial charge in [-0.25, -0.2) is 14.6 Å². The number of aromatic nitrogens is 4. The number of carbonyl (C=O) groups excluding carboxylic acids is 1. The molecule has 1 saturated carbocycles. The lowest BCUT2D eigenvalue weighted by molar-refractivity contribution is -0.120. The van der Waals surface area contributed by atoms with Crippen LogP contribution in [0.3, 0.4) is 0 Å². The smallest absolute Gasteiger partial charge is 0.230 e. The van der Waals surface area contributed by atoms with Gasteiger partial charge in [0.1, 0.15) is 5.82 Å². The van der Waals surface area contributed by atoms with Crippen molar-refractivity contribution in [2.24, 2.45) is 5.92 Å². The van der Waals surface area contributed by atoms with Gasteiger partial charge >= 0.3 is 0 Å². The Labute approximate surface area is 153 Å². The van der Waals surface area contributed by atoms with Crippen molar-refractivity contribution in [3.05, 3.63) is 30.7 Å². The van der Waals surface area contributed by atoms with Crippen LogP contribution in [0.25, 0.3) is 0 Å². The van der Waals surface area contributed by atoms with Crippen LogP contribution in [0.15, 0.2) is 30.7 Å². The first-order chi connectivity index (χ1) is 12.8. The van der Waals surface area contributed by atoms with E-state index >= 15 is 0 Å². The van der Waals surface area contributed by atoms with Crippen molar-refractivity contribution >= 4 is 17.7 Å². The molecule has 2 aliphatic rings. The summed E-state index contributed by atoms with van der Waals surface area (Å²) < 4.78 is 2.01. The number of piperidine rings is 1. The summed E-state index contributed by atoms with van der Waals surface area (Å²) in [5.74, 6) is 1.55. The first-order valence-corrected chi connectivity index (χ1v) is 9.67. The fourth-order valence-electron chi connectivity index (χ4n) is 4.09. The number of hydrogen-bond donors (Lipinski definition) is 1. The molecule has 1 aliphatic carbocycles. The topological polar surface area (TPSA) is 75.9 Å². The van der Waals surface area contributed by atoms with Crippen LogP contribution >= 0.6 is 0 Å². The van der Waals surface area contributed by atoms with Gasteiger partial charge in [-0.15, -0.1) is 0 Å². The fourth-order valence-corrected chi connectivity index (χ4v) is 4.09. The van der Waals surface area contributed by atoms with Crippen LogP contribution in [0.5, 0.6) is 0 Å². The van der Waals surface area contributed by atoms with E-state index in [2.05, 4.69) is 25.3 Å². The minimum absolute atomic E-state index is 0.0535. The third-order valence-electron chi connectivity index (χ3n) is 5.47. The molecular formula is C19H26N6O. The van der Waals surface area contributed by atoms with E-state index in [0.29, 0.717) is 18.5 Å². The molecule has 1 amide bonds. The predicted octanol–water partition coefficient (Wildman–Crippen LogP) is 3.03. The normalized spacial score (nSPS) is 21.5. The average molecular weight is 354 g/mol. The highest BCUT2D eigenvalue weighted by molar-refractivity contribution is 5.92. The molecule has 4 rings (SSSR count). The van der Waals surface area contributed by atoms with Gasteiger partial charge in [0, 0.05) is 31.5 Å². The van der Waals surface area contributed by atoms with Gasteiger partial charge < -0.3 is 10.2 Å². The van der Waals surface area contributed by atoms with Gasteiger partial charge in [-0.3, -0.25) is 4.79 Å². The van der Waals surface area contributed by atoms with Gasteiger partial charge in [0.05, 0.1) is 18.2 Å². The molecule has 3 heterocycles. The zero-order valence-electron chi connectivity index (χ0n) is 15.0. The third kappa shape index (κ3) is 3.71. The van der Waals surface area contributed by atoms with E-state index in [1.165, 1.54) is 19.3 Å². The molecule has 2 aromatic rings. The van der Waals surface area contributed by atoms with Crippen molar-refractivity contribution in [3.8, 4) is 0 Å². The lowest BCUT2D eigenvalue weighted by Crippen LogP contribution is -2.41. The molecule has 1 N–H and O–H groups in total. The number of nitrogens with one attached hydrogen (secondary N) is 1. The monoisotopic (exact) mass is 354 g/mol. The van der Waals surface area contributed by atoms with E-state index in [1.54, 1.807) is 18.6 Å². The molecule has 2 aromatic heterocycles. The fraction of sp³-hybridized carbons (Fsp3) is 0.579. The van der Waals surface area contributed by atoms with Crippen LogP contribution in [0.4, 0.5) is 11.8 Å². The molecule has 138 valence electrons. The Morgan fingerprint density at radius 2 is 1.85 bits per heavy atom. The van der Waals surface area contributed by atoms with E-state index in [-0.39, 0.29) is 11.8 Å². The van der Waals surface area contributed by atoms with Crippen molar-refractivity contribution in [2.45, 2.75) is 51.0 Å². The Kier molecular flexibility index (Phi) is 5.13. The summed E-state index contributed by atoms with van der Waals surface area (Å²) in [6.07, 6.45) is 13.2. The highest BCUT2D eigenvalue weighted by atomic mass is 16.2. The van der Waals surface area contributed by atoms with Crippen LogP contribution in [0.1, 0.15) is 51.0 Å². The Bertz CT molecular complexity index is 725. The van der Waals surface area contributed by atoms with Gasteiger partial charge in [0.15, 0.2) is 0 Å². The van der Waals surface area contributed by atoms with Crippen LogP contribution in [0, 0.1) is 5.92 Å². The van der Waals surface area contributed by atoms with Gasteiger partial charge in [-0.2, -0.15) is 5.10 Å². The summed E-state index contributed by atoms with van der Waals surface area (Å²) in [4.78, 5) is 23.6. The lowest BCUT2D eigenvalue weighted by atomic mass is 9.95. The molecule has 1 unspecified atom stereocenters. The number of hydrogen-bond acceptors (Lipinski definition) is 5. The second-order valence-electron chi connectivity index (χ2n) is 7.28. The van der Waals surface area contributed by atoms with Crippen molar-refractivity contribution in [1.82, 2.24) is 19.7 Å². The molecule has 26 heavy (non-hydrogen) atoms. The standard InChI is InChI=1S/C19H26N6O/c26-18(15-6-4-13-24(14-15)19-20-10-5-11-21-19)23-17-9-12-22-25(17)16-7-2-1-3-8-16/h5,9-12,15-16H,1-4,6-8,13-14H2,(H,23,26). The Morgan fingerprint density at radius 1 is 1.04 bits per heavy atom. The molecule has 0 spiro atoms. The zero-order valence-corrected chi connectivity index (χ0v) is 15.0. The van der Waals surface area contributed by atoms with Gasteiger partial charge in [0.25, 0.3) is 0 Å². The third-order valence-corrected chi connectivity index (χ3v) is 5.47. The van der Waals surface area contributed by atoms with Crippen molar-refractivity contribution in [3.63, 3.8) is 0 Å². The Morgan fingerprint density at radius 3 is 2.65 bits per heavy atom. The Hall–Kier alpha value is -2.44. The second kappa shape index (κ2) is 7.85. The molecular weight excluding hydrogens is 328 g/mol. The number of amides is 1. The highest BCUT2D eigenvalue weighted by Crippen LogP contribution is 2.30. The molecule has 0 radical (unpaired) electrons. The van der Waals surface area contributed by atoms with Crippen LogP contribution in [-0.2, 0) is 4.79 Å². The summed E-state index contributed by atoms with van der Waals surface area (Å²) in [7, 11) is 0. The van der Waals surface area contributed by atoms with E-state index < -0.39 is 0 Å². The molecule has 1 aliphatic heterocycles. The first-order valence-electron chi connectivity index (χ1n) is 9.67. The van der Waals surface area contributed by atoms with Crippen molar-refractivity contribution < 1.29 is 4.79 Å². The molecule has 0 bridgehead atoms. The summed E-state index contributed by atoms with van der Waals surface area (Å²) in [5.41, 5.74) is 0. The summed E-state index contributed by atoms with van der Waals surface area (Å²) in [5, 5.41) is 7.60. The number of rotatable bonds is 4. The maximum atomic E-state index is 12.9. The van der Waals surface area contributed by atoms with Gasteiger partial charge in [-0.05, 0) is 31.7 Å². The van der Waals surface area contributed by atoms with E-state index in [4.69, 9.17) is 0 Å². The molecule has 0 aromatic carbocycles. The maximum Gasteiger partial charge on any atom is 0.230 e. The zero-order chi connectivity index (χ0) is 17.8. The highest BCUT2D eigenvalue weighted by Gasteiger charge is 2.28. The second-order valence-corrected chi connectivity index (χ2v) is 7.28. The van der Waals surface area contributed by atoms with Crippen LogP contribution in [-0.4, -0.2) is 38.7 Å². The number of anilines is 2. The molecule has 1 saturated heterocycles. The van der Waals surface area contributed by atoms with Crippen molar-refractivity contribution in [2.75, 3.05) is 23.3 Å². The minimum atomic E-state index is -0.0535. The van der Waals surface area contributed by atoms with Gasteiger partial charge in [-0.1, -0.05) is 19.3 Å². The quantitative estimate of drug-likeness (QED) is 0.913. The Balaban J connectivity index is 1.41. The largest absolute Gasteiger partial charge is 0.340 e. The molecule has 2 fully saturated rings. The van der Waals surface area contributed by atoms with Crippen LogP contribution in [0.2, 0.25) is 0 Å². The van der Waals surface area contributed by atoms with Gasteiger partial charge in [0.2, 0.25) is 11.9 Å². The lowest BCUT2D eigenvalue weighted by Gasteiger charge is -2.32. The maximum absolute atomic E-state index is 12.9. The average Bonchev–Trinajstić information content (AvgIpc) is 3.17. The number of carbonyl (C=O) groups is 1. The summed E-state index contributed by atoms with van der Waals surface area (Å²) in [6, 6.07) is 4.13. The van der Waals surface area contributed by atoms with Crippen LogP contribution < -0.4 is 10.2 Å². The van der Waals surface area contributed by atoms with E-state index in [9.17, 15) is 4.79 Å². The summed E-state index contributed by atoms with van der Waals surface area (Å²) in [6.45, 7) is 1.56. The first kappa shape index (κ1) is 17.0. The van der Waals surface area contributed by atoms with Crippen molar-refractivity contribution in [1.29, 1.82) is 0 Å². The molecule has 1 atom stereocenters. The molecule has 7 nitrogen and oxygen atoms in total. The predicted molar refractivity (Wildman–Crippen MR) is 99.9 cm³/mol.